The highest BCUT2D eigenvalue weighted by molar-refractivity contribution is 6.01. The topological polar surface area (TPSA) is 40.5 Å². The number of piperidine rings is 1. The monoisotopic (exact) mass is 275 g/mol. The van der Waals surface area contributed by atoms with Gasteiger partial charge in [0.25, 0.3) is 0 Å². The largest absolute Gasteiger partial charge is 0.312 e. The second-order valence-corrected chi connectivity index (χ2v) is 5.97. The smallest absolute Gasteiger partial charge is 0.231 e. The van der Waals surface area contributed by atoms with Crippen molar-refractivity contribution >= 4 is 17.3 Å². The van der Waals surface area contributed by atoms with Crippen LogP contribution in [0.25, 0.3) is 0 Å². The SMILES string of the molecule is CCCN1C(=O)Cc2cc([N+]3(O)CCCCC3)ccc21. The molecule has 1 saturated heterocycles. The number of hydroxylamine groups is 2. The second-order valence-electron chi connectivity index (χ2n) is 5.97. The molecular formula is C16H23N2O2+. The Morgan fingerprint density at radius 1 is 1.25 bits per heavy atom. The highest BCUT2D eigenvalue weighted by Gasteiger charge is 2.34. The lowest BCUT2D eigenvalue weighted by Crippen LogP contribution is -2.49. The maximum absolute atomic E-state index is 12.0. The van der Waals surface area contributed by atoms with Crippen LogP contribution in [0.2, 0.25) is 0 Å². The summed E-state index contributed by atoms with van der Waals surface area (Å²) in [6, 6.07) is 6.04. The van der Waals surface area contributed by atoms with Gasteiger partial charge >= 0.3 is 0 Å². The lowest BCUT2D eigenvalue weighted by molar-refractivity contribution is -0.117. The zero-order chi connectivity index (χ0) is 14.2. The van der Waals surface area contributed by atoms with Gasteiger partial charge in [0.05, 0.1) is 6.42 Å². The predicted molar refractivity (Wildman–Crippen MR) is 80.0 cm³/mol. The standard InChI is InChI=1S/C16H23N2O2/c1-2-8-17-15-7-6-14(11-13(15)12-16(17)19)18(20)9-4-3-5-10-18/h6-7,11,20H,2-5,8-10,12H2,1H3/q+1. The van der Waals surface area contributed by atoms with Gasteiger partial charge in [0.2, 0.25) is 5.91 Å². The van der Waals surface area contributed by atoms with Gasteiger partial charge in [0.15, 0.2) is 5.69 Å². The number of quaternary nitrogens is 1. The molecule has 108 valence electrons. The summed E-state index contributed by atoms with van der Waals surface area (Å²) in [4.78, 5) is 13.9. The number of benzene rings is 1. The first-order chi connectivity index (χ1) is 9.64. The highest BCUT2D eigenvalue weighted by Crippen LogP contribution is 2.35. The van der Waals surface area contributed by atoms with E-state index in [2.05, 4.69) is 6.92 Å². The molecular weight excluding hydrogens is 252 g/mol. The van der Waals surface area contributed by atoms with E-state index in [1.54, 1.807) is 0 Å². The Bertz CT molecular complexity index is 521. The fourth-order valence-electron chi connectivity index (χ4n) is 3.39. The molecule has 2 aliphatic heterocycles. The first-order valence-electron chi connectivity index (χ1n) is 7.68. The zero-order valence-electron chi connectivity index (χ0n) is 12.1. The molecule has 1 fully saturated rings. The van der Waals surface area contributed by atoms with E-state index in [4.69, 9.17) is 0 Å². The van der Waals surface area contributed by atoms with E-state index >= 15 is 0 Å². The van der Waals surface area contributed by atoms with Gasteiger partial charge in [-0.2, -0.15) is 4.65 Å². The minimum Gasteiger partial charge on any atom is -0.312 e. The first kappa shape index (κ1) is 13.6. The second kappa shape index (κ2) is 5.19. The summed E-state index contributed by atoms with van der Waals surface area (Å²) in [6.07, 6.45) is 4.77. The molecule has 0 atom stereocenters. The van der Waals surface area contributed by atoms with Gasteiger partial charge in [-0.1, -0.05) is 6.92 Å². The first-order valence-corrected chi connectivity index (χ1v) is 7.68. The third-order valence-electron chi connectivity index (χ3n) is 4.48. The predicted octanol–water partition coefficient (Wildman–Crippen LogP) is 2.87. The molecule has 1 aromatic carbocycles. The quantitative estimate of drug-likeness (QED) is 0.862. The number of nitrogens with zero attached hydrogens (tertiary/aromatic N) is 2. The maximum atomic E-state index is 12.0. The molecule has 3 rings (SSSR count). The minimum atomic E-state index is 0.0370. The molecule has 1 amide bonds. The normalized spacial score (nSPS) is 21.1. The molecule has 2 heterocycles. The van der Waals surface area contributed by atoms with Crippen LogP contribution in [0.5, 0.6) is 0 Å². The molecule has 0 radical (unpaired) electrons. The van der Waals surface area contributed by atoms with Gasteiger partial charge in [-0.15, -0.1) is 0 Å². The lowest BCUT2D eigenvalue weighted by Gasteiger charge is -2.33. The fourth-order valence-corrected chi connectivity index (χ4v) is 3.39. The summed E-state index contributed by atoms with van der Waals surface area (Å²) < 4.78 is 0.0370. The number of hydrogen-bond donors (Lipinski definition) is 1. The van der Waals surface area contributed by atoms with E-state index in [1.165, 1.54) is 6.42 Å². The van der Waals surface area contributed by atoms with E-state index in [0.29, 0.717) is 6.42 Å². The van der Waals surface area contributed by atoms with E-state index in [0.717, 1.165) is 55.8 Å². The van der Waals surface area contributed by atoms with Crippen molar-refractivity contribution in [3.8, 4) is 0 Å². The lowest BCUT2D eigenvalue weighted by atomic mass is 10.1. The van der Waals surface area contributed by atoms with Crippen molar-refractivity contribution in [1.82, 2.24) is 4.65 Å². The molecule has 2 aliphatic rings. The van der Waals surface area contributed by atoms with Crippen molar-refractivity contribution in [1.29, 1.82) is 0 Å². The van der Waals surface area contributed by atoms with E-state index in [-0.39, 0.29) is 10.6 Å². The Labute approximate surface area is 120 Å². The van der Waals surface area contributed by atoms with Gasteiger partial charge < -0.3 is 4.90 Å². The van der Waals surface area contributed by atoms with Crippen molar-refractivity contribution < 1.29 is 10.0 Å². The Morgan fingerprint density at radius 3 is 2.70 bits per heavy atom. The van der Waals surface area contributed by atoms with Crippen molar-refractivity contribution in [2.45, 2.75) is 39.0 Å². The Morgan fingerprint density at radius 2 is 2.00 bits per heavy atom. The molecule has 1 N–H and O–H groups in total. The van der Waals surface area contributed by atoms with E-state index < -0.39 is 0 Å². The maximum Gasteiger partial charge on any atom is 0.231 e. The summed E-state index contributed by atoms with van der Waals surface area (Å²) in [5.41, 5.74) is 3.04. The fraction of sp³-hybridized carbons (Fsp3) is 0.562. The van der Waals surface area contributed by atoms with Crippen LogP contribution in [0.3, 0.4) is 0 Å². The summed E-state index contributed by atoms with van der Waals surface area (Å²) >= 11 is 0. The zero-order valence-corrected chi connectivity index (χ0v) is 12.1. The molecule has 4 heteroatoms. The Hall–Kier alpha value is -1.39. The third-order valence-corrected chi connectivity index (χ3v) is 4.48. The Balaban J connectivity index is 1.91. The number of carbonyl (C=O) groups excluding carboxylic acids is 1. The van der Waals surface area contributed by atoms with Crippen LogP contribution in [-0.4, -0.2) is 30.7 Å². The van der Waals surface area contributed by atoms with Gasteiger partial charge in [-0.3, -0.25) is 4.79 Å². The molecule has 0 saturated carbocycles. The highest BCUT2D eigenvalue weighted by atomic mass is 16.5. The third kappa shape index (κ3) is 2.23. The van der Waals surface area contributed by atoms with Crippen LogP contribution in [-0.2, 0) is 11.2 Å². The van der Waals surface area contributed by atoms with Crippen molar-refractivity contribution in [2.24, 2.45) is 0 Å². The van der Waals surface area contributed by atoms with Gasteiger partial charge in [0, 0.05) is 37.2 Å². The summed E-state index contributed by atoms with van der Waals surface area (Å²) in [5.74, 6) is 0.183. The van der Waals surface area contributed by atoms with E-state index in [1.807, 2.05) is 23.1 Å². The number of anilines is 1. The van der Waals surface area contributed by atoms with Crippen LogP contribution < -0.4 is 9.55 Å². The molecule has 20 heavy (non-hydrogen) atoms. The van der Waals surface area contributed by atoms with Crippen molar-refractivity contribution in [3.05, 3.63) is 23.8 Å². The Kier molecular flexibility index (Phi) is 3.52. The molecule has 0 unspecified atom stereocenters. The van der Waals surface area contributed by atoms with Crippen molar-refractivity contribution in [3.63, 3.8) is 0 Å². The summed E-state index contributed by atoms with van der Waals surface area (Å²) in [7, 11) is 0. The van der Waals surface area contributed by atoms with Gasteiger partial charge in [0.1, 0.15) is 13.1 Å². The van der Waals surface area contributed by atoms with Crippen LogP contribution in [0, 0.1) is 0 Å². The van der Waals surface area contributed by atoms with Gasteiger partial charge in [-0.25, -0.2) is 5.21 Å². The van der Waals surface area contributed by atoms with Crippen molar-refractivity contribution in [2.75, 3.05) is 24.5 Å². The number of hydrogen-bond acceptors (Lipinski definition) is 2. The minimum absolute atomic E-state index is 0.0370. The number of rotatable bonds is 3. The molecule has 4 nitrogen and oxygen atoms in total. The number of amides is 1. The molecule has 0 aromatic heterocycles. The molecule has 0 spiro atoms. The number of fused-ring (bicyclic) bond motifs is 1. The van der Waals surface area contributed by atoms with Crippen LogP contribution in [0.1, 0.15) is 38.2 Å². The van der Waals surface area contributed by atoms with Gasteiger partial charge in [-0.05, 0) is 24.5 Å². The van der Waals surface area contributed by atoms with Crippen LogP contribution in [0.4, 0.5) is 11.4 Å². The molecule has 0 bridgehead atoms. The number of carbonyl (C=O) groups is 1. The average Bonchev–Trinajstić information content (AvgIpc) is 2.76. The average molecular weight is 275 g/mol. The van der Waals surface area contributed by atoms with Crippen LogP contribution in [0.15, 0.2) is 18.2 Å². The van der Waals surface area contributed by atoms with E-state index in [9.17, 15) is 10.0 Å². The molecule has 0 aliphatic carbocycles. The molecule has 1 aromatic rings. The summed E-state index contributed by atoms with van der Waals surface area (Å²) in [6.45, 7) is 4.43. The van der Waals surface area contributed by atoms with Crippen LogP contribution >= 0.6 is 0 Å². The summed E-state index contributed by atoms with van der Waals surface area (Å²) in [5, 5.41) is 10.7.